The first-order valence-electron chi connectivity index (χ1n) is 22.5. The Morgan fingerprint density at radius 3 is 1.32 bits per heavy atom. The van der Waals surface area contributed by atoms with Crippen LogP contribution >= 0.6 is 0 Å². The summed E-state index contributed by atoms with van der Waals surface area (Å²) in [5.74, 6) is -0.0648. The lowest BCUT2D eigenvalue weighted by Crippen LogP contribution is -2.33. The van der Waals surface area contributed by atoms with E-state index in [1.165, 1.54) is 11.1 Å². The molecule has 324 valence electrons. The predicted molar refractivity (Wildman–Crippen MR) is 242 cm³/mol. The van der Waals surface area contributed by atoms with Crippen molar-refractivity contribution >= 4 is 34.9 Å². The number of rotatable bonds is 16. The van der Waals surface area contributed by atoms with Crippen LogP contribution < -0.4 is 9.80 Å². The van der Waals surface area contributed by atoms with Crippen molar-refractivity contribution < 1.29 is 28.7 Å². The molecule has 2 fully saturated rings. The third-order valence-electron chi connectivity index (χ3n) is 13.4. The van der Waals surface area contributed by atoms with E-state index in [1.54, 1.807) is 0 Å². The van der Waals surface area contributed by atoms with Crippen molar-refractivity contribution in [3.8, 4) is 0 Å². The van der Waals surface area contributed by atoms with Gasteiger partial charge in [-0.2, -0.15) is 0 Å². The summed E-state index contributed by atoms with van der Waals surface area (Å²) in [7, 11) is 3.86. The Bertz CT molecular complexity index is 2070. The van der Waals surface area contributed by atoms with Gasteiger partial charge in [-0.1, -0.05) is 60.7 Å². The van der Waals surface area contributed by atoms with Gasteiger partial charge >= 0.3 is 11.9 Å². The van der Waals surface area contributed by atoms with Crippen LogP contribution in [0.4, 0.5) is 11.4 Å². The second-order valence-electron chi connectivity index (χ2n) is 17.8. The number of nitrogens with zero attached hydrogens (tertiary/aromatic N) is 4. The Labute approximate surface area is 366 Å². The molecule has 8 rings (SSSR count). The van der Waals surface area contributed by atoms with Gasteiger partial charge in [0.25, 0.3) is 0 Å². The number of esters is 2. The molecule has 4 aliphatic heterocycles. The predicted octanol–water partition coefficient (Wildman–Crippen LogP) is 8.76. The summed E-state index contributed by atoms with van der Waals surface area (Å²) in [5.41, 5.74) is 7.33. The van der Waals surface area contributed by atoms with Crippen LogP contribution in [-0.4, -0.2) is 86.7 Å². The average molecular weight is 837 g/mol. The number of benzene rings is 4. The van der Waals surface area contributed by atoms with Crippen LogP contribution in [-0.2, 0) is 32.2 Å². The fourth-order valence-corrected chi connectivity index (χ4v) is 9.76. The number of carbonyl (C=O) groups is 4. The quantitative estimate of drug-likeness (QED) is 0.0619. The fourth-order valence-electron chi connectivity index (χ4n) is 9.76. The zero-order valence-corrected chi connectivity index (χ0v) is 36.3. The topological polar surface area (TPSA) is 99.7 Å². The minimum atomic E-state index is -0.665. The first kappa shape index (κ1) is 43.1. The Morgan fingerprint density at radius 1 is 0.548 bits per heavy atom. The van der Waals surface area contributed by atoms with Crippen molar-refractivity contribution in [3.63, 3.8) is 0 Å². The van der Waals surface area contributed by atoms with Crippen molar-refractivity contribution in [2.75, 3.05) is 63.2 Å². The Morgan fingerprint density at radius 2 is 0.935 bits per heavy atom. The number of ether oxygens (including phenoxy) is 2. The molecule has 0 bridgehead atoms. The number of fused-ring (bicyclic) bond motifs is 2. The number of hydrogen-bond donors (Lipinski definition) is 0. The van der Waals surface area contributed by atoms with Gasteiger partial charge in [-0.3, -0.25) is 19.4 Å². The highest BCUT2D eigenvalue weighted by Gasteiger charge is 2.32. The molecule has 4 heterocycles. The highest BCUT2D eigenvalue weighted by molar-refractivity contribution is 5.98. The summed E-state index contributed by atoms with van der Waals surface area (Å²) in [6.45, 7) is 7.01. The summed E-state index contributed by atoms with van der Waals surface area (Å²) in [4.78, 5) is 61.9. The molecule has 2 atom stereocenters. The molecule has 0 aliphatic carbocycles. The fraction of sp³-hybridized carbons (Fsp3) is 0.423. The molecule has 4 aromatic rings. The monoisotopic (exact) mass is 836 g/mol. The summed E-state index contributed by atoms with van der Waals surface area (Å²) < 4.78 is 11.7. The van der Waals surface area contributed by atoms with Gasteiger partial charge in [-0.25, -0.2) is 9.59 Å². The molecule has 0 saturated carbocycles. The van der Waals surface area contributed by atoms with Crippen molar-refractivity contribution in [2.24, 2.45) is 11.8 Å². The number of carbonyl (C=O) groups excluding carboxylic acids is 4. The summed E-state index contributed by atoms with van der Waals surface area (Å²) in [6.07, 6.45) is 8.14. The average Bonchev–Trinajstić information content (AvgIpc) is 3.78. The molecule has 62 heavy (non-hydrogen) atoms. The molecule has 4 aliphatic rings. The van der Waals surface area contributed by atoms with Crippen LogP contribution in [0.5, 0.6) is 0 Å². The third-order valence-corrected chi connectivity index (χ3v) is 13.4. The molecular formula is C52H60N4O6. The normalized spacial score (nSPS) is 19.7. The maximum absolute atomic E-state index is 13.4. The van der Waals surface area contributed by atoms with Gasteiger partial charge in [0.2, 0.25) is 0 Å². The number of likely N-dealkylation sites (tertiary alicyclic amines) is 2. The van der Waals surface area contributed by atoms with Crippen molar-refractivity contribution in [1.29, 1.82) is 0 Å². The van der Waals surface area contributed by atoms with Gasteiger partial charge in [0.15, 0.2) is 11.6 Å². The number of anilines is 2. The van der Waals surface area contributed by atoms with E-state index in [0.717, 1.165) is 112 Å². The highest BCUT2D eigenvalue weighted by Crippen LogP contribution is 2.39. The molecule has 0 aromatic heterocycles. The van der Waals surface area contributed by atoms with Crippen LogP contribution in [0.15, 0.2) is 109 Å². The minimum Gasteiger partial charge on any atom is -0.452 e. The maximum Gasteiger partial charge on any atom is 0.331 e. The van der Waals surface area contributed by atoms with Crippen LogP contribution in [0, 0.1) is 11.8 Å². The summed E-state index contributed by atoms with van der Waals surface area (Å²) >= 11 is 0. The lowest BCUT2D eigenvalue weighted by Gasteiger charge is -2.32. The van der Waals surface area contributed by atoms with Gasteiger partial charge in [-0.05, 0) is 124 Å². The molecule has 0 spiro atoms. The first-order chi connectivity index (χ1) is 30.1. The molecule has 4 aromatic carbocycles. The lowest BCUT2D eigenvalue weighted by molar-refractivity contribution is -0.145. The minimum absolute atomic E-state index is 0.100. The number of Topliss-reactive ketones (excluding diaryl/α,β-unsaturated/α-hetero) is 2. The number of piperidine rings is 2. The van der Waals surface area contributed by atoms with Gasteiger partial charge in [0.1, 0.15) is 12.2 Å². The van der Waals surface area contributed by atoms with Crippen LogP contribution in [0.3, 0.4) is 0 Å². The SMILES string of the molecule is CN1CC(OC(=O)/C=C/C(=O)OC2CN(C)c3ccc(C(=O)CCC4CCN(Cc5ccccc5)CC4)cc32)c2cc(C(=O)CCC3CCN(Cc4ccccc4)CC3)ccc21. The van der Waals surface area contributed by atoms with Crippen LogP contribution in [0.1, 0.15) is 107 Å². The maximum atomic E-state index is 13.4. The van der Waals surface area contributed by atoms with Gasteiger partial charge < -0.3 is 19.3 Å². The van der Waals surface area contributed by atoms with E-state index in [9.17, 15) is 19.2 Å². The van der Waals surface area contributed by atoms with E-state index in [2.05, 4.69) is 58.3 Å². The lowest BCUT2D eigenvalue weighted by atomic mass is 9.90. The molecule has 0 N–H and O–H groups in total. The number of ketones is 2. The Hall–Kier alpha value is -5.58. The van der Waals surface area contributed by atoms with E-state index in [1.807, 2.05) is 72.4 Å². The van der Waals surface area contributed by atoms with E-state index in [4.69, 9.17) is 9.47 Å². The van der Waals surface area contributed by atoms with Crippen molar-refractivity contribution in [1.82, 2.24) is 9.80 Å². The zero-order chi connectivity index (χ0) is 43.0. The smallest absolute Gasteiger partial charge is 0.331 e. The molecular weight excluding hydrogens is 777 g/mol. The summed E-state index contributed by atoms with van der Waals surface area (Å²) in [6, 6.07) is 32.5. The summed E-state index contributed by atoms with van der Waals surface area (Å²) in [5, 5.41) is 0. The second kappa shape index (κ2) is 20.1. The first-order valence-corrected chi connectivity index (χ1v) is 22.5. The standard InChI is InChI=1S/C52H60N4O6/c1-53-35-49(43-31-41(15-17-45(43)53)47(57)19-13-37-23-27-55(28-24-37)33-39-9-5-3-6-10-39)61-51(59)21-22-52(60)62-50-36-54(2)46-18-16-42(32-44(46)50)48(58)20-14-38-25-29-56(30-26-38)34-40-11-7-4-8-12-40/h3-12,15-18,21-22,31-32,37-38,49-50H,13-14,19-20,23-30,33-36H2,1-2H3/b22-21+. The Balaban J connectivity index is 0.789. The molecule has 2 unspecified atom stereocenters. The van der Waals surface area contributed by atoms with Gasteiger partial charge in [0.05, 0.1) is 13.1 Å². The van der Waals surface area contributed by atoms with E-state index in [0.29, 0.717) is 48.9 Å². The number of hydrogen-bond acceptors (Lipinski definition) is 10. The van der Waals surface area contributed by atoms with Crippen molar-refractivity contribution in [2.45, 2.75) is 76.7 Å². The van der Waals surface area contributed by atoms with Gasteiger partial charge in [0, 0.05) is 85.8 Å². The van der Waals surface area contributed by atoms with E-state index in [-0.39, 0.29) is 11.6 Å². The molecule has 0 radical (unpaired) electrons. The van der Waals surface area contributed by atoms with Crippen LogP contribution in [0.2, 0.25) is 0 Å². The molecule has 2 saturated heterocycles. The highest BCUT2D eigenvalue weighted by atomic mass is 16.6. The molecule has 0 amide bonds. The molecule has 10 heteroatoms. The van der Waals surface area contributed by atoms with Crippen molar-refractivity contribution in [3.05, 3.63) is 143 Å². The van der Waals surface area contributed by atoms with E-state index < -0.39 is 24.1 Å². The second-order valence-corrected chi connectivity index (χ2v) is 17.8. The number of likely N-dealkylation sites (N-methyl/N-ethyl adjacent to an activating group) is 2. The van der Waals surface area contributed by atoms with E-state index >= 15 is 0 Å². The van der Waals surface area contributed by atoms with Crippen LogP contribution in [0.25, 0.3) is 0 Å². The third kappa shape index (κ3) is 10.9. The molecule has 10 nitrogen and oxygen atoms in total. The van der Waals surface area contributed by atoms with Gasteiger partial charge in [-0.15, -0.1) is 0 Å². The largest absolute Gasteiger partial charge is 0.452 e. The Kier molecular flexibility index (Phi) is 14.0. The zero-order valence-electron chi connectivity index (χ0n) is 36.3.